The van der Waals surface area contributed by atoms with Crippen LogP contribution in [0.25, 0.3) is 11.1 Å². The summed E-state index contributed by atoms with van der Waals surface area (Å²) in [4.78, 5) is 22.8. The molecule has 0 fully saturated rings. The molecule has 0 amide bonds. The Bertz CT molecular complexity index is 640. The van der Waals surface area contributed by atoms with E-state index in [2.05, 4.69) is 0 Å². The summed E-state index contributed by atoms with van der Waals surface area (Å²) in [5.41, 5.74) is 1.48. The lowest BCUT2D eigenvalue weighted by atomic mass is 9.97. The van der Waals surface area contributed by atoms with Crippen LogP contribution < -0.4 is 0 Å². The van der Waals surface area contributed by atoms with Crippen molar-refractivity contribution in [2.24, 2.45) is 0 Å². The molecule has 0 aliphatic carbocycles. The average molecular weight is 270 g/mol. The SMILES string of the molecule is CC(=O)c1ccc(O)c(-c2cc(C(C)=O)ccc2O)c1. The zero-order valence-corrected chi connectivity index (χ0v) is 11.2. The minimum absolute atomic E-state index is 0.0639. The zero-order chi connectivity index (χ0) is 14.9. The van der Waals surface area contributed by atoms with Gasteiger partial charge in [-0.1, -0.05) is 0 Å². The van der Waals surface area contributed by atoms with E-state index in [4.69, 9.17) is 0 Å². The fraction of sp³-hybridized carbons (Fsp3) is 0.125. The van der Waals surface area contributed by atoms with Gasteiger partial charge in [0, 0.05) is 22.3 Å². The van der Waals surface area contributed by atoms with Crippen LogP contribution in [0.4, 0.5) is 0 Å². The van der Waals surface area contributed by atoms with Gasteiger partial charge in [0.2, 0.25) is 0 Å². The van der Waals surface area contributed by atoms with Crippen molar-refractivity contribution in [3.63, 3.8) is 0 Å². The molecule has 0 spiro atoms. The number of phenols is 2. The molecule has 0 aliphatic rings. The normalized spacial score (nSPS) is 10.3. The summed E-state index contributed by atoms with van der Waals surface area (Å²) in [7, 11) is 0. The average Bonchev–Trinajstić information content (AvgIpc) is 2.39. The van der Waals surface area contributed by atoms with Gasteiger partial charge >= 0.3 is 0 Å². The third kappa shape index (κ3) is 2.54. The molecule has 0 heterocycles. The Morgan fingerprint density at radius 1 is 0.750 bits per heavy atom. The summed E-state index contributed by atoms with van der Waals surface area (Å²) in [6.07, 6.45) is 0. The van der Waals surface area contributed by atoms with Gasteiger partial charge in [0.15, 0.2) is 11.6 Å². The van der Waals surface area contributed by atoms with Crippen LogP contribution in [-0.4, -0.2) is 21.8 Å². The Balaban J connectivity index is 2.67. The van der Waals surface area contributed by atoms with Crippen molar-refractivity contribution in [2.75, 3.05) is 0 Å². The van der Waals surface area contributed by atoms with Gasteiger partial charge in [-0.2, -0.15) is 0 Å². The number of phenolic OH excluding ortho intramolecular Hbond substituents is 2. The van der Waals surface area contributed by atoms with Crippen LogP contribution in [0.15, 0.2) is 36.4 Å². The van der Waals surface area contributed by atoms with Crippen molar-refractivity contribution in [2.45, 2.75) is 13.8 Å². The van der Waals surface area contributed by atoms with Crippen molar-refractivity contribution in [1.82, 2.24) is 0 Å². The molecular weight excluding hydrogens is 256 g/mol. The molecule has 2 aromatic carbocycles. The summed E-state index contributed by atoms with van der Waals surface area (Å²) in [6.45, 7) is 2.84. The number of benzene rings is 2. The van der Waals surface area contributed by atoms with E-state index in [1.54, 1.807) is 0 Å². The number of aromatic hydroxyl groups is 2. The van der Waals surface area contributed by atoms with Crippen LogP contribution in [0.2, 0.25) is 0 Å². The van der Waals surface area contributed by atoms with Crippen LogP contribution in [0, 0.1) is 0 Å². The minimum Gasteiger partial charge on any atom is -0.507 e. The largest absolute Gasteiger partial charge is 0.507 e. The van der Waals surface area contributed by atoms with E-state index in [-0.39, 0.29) is 23.1 Å². The number of rotatable bonds is 3. The predicted molar refractivity (Wildman–Crippen MR) is 75.2 cm³/mol. The standard InChI is InChI=1S/C16H14O4/c1-9(17)11-3-5-15(19)13(7-11)14-8-12(10(2)18)4-6-16(14)20/h3-8,19-20H,1-2H3. The van der Waals surface area contributed by atoms with Crippen molar-refractivity contribution in [1.29, 1.82) is 0 Å². The molecule has 20 heavy (non-hydrogen) atoms. The molecule has 0 aromatic heterocycles. The molecule has 102 valence electrons. The molecule has 0 saturated heterocycles. The van der Waals surface area contributed by atoms with Crippen molar-refractivity contribution >= 4 is 11.6 Å². The Morgan fingerprint density at radius 2 is 1.10 bits per heavy atom. The number of Topliss-reactive ketones (excluding diaryl/α,β-unsaturated/α-hetero) is 2. The van der Waals surface area contributed by atoms with E-state index in [9.17, 15) is 19.8 Å². The lowest BCUT2D eigenvalue weighted by Crippen LogP contribution is -1.95. The molecule has 0 saturated carbocycles. The van der Waals surface area contributed by atoms with E-state index < -0.39 is 0 Å². The van der Waals surface area contributed by atoms with Crippen LogP contribution >= 0.6 is 0 Å². The first-order valence-electron chi connectivity index (χ1n) is 6.08. The molecule has 0 radical (unpaired) electrons. The molecule has 0 unspecified atom stereocenters. The van der Waals surface area contributed by atoms with Crippen molar-refractivity contribution in [3.8, 4) is 22.6 Å². The van der Waals surface area contributed by atoms with Gasteiger partial charge in [-0.3, -0.25) is 9.59 Å². The van der Waals surface area contributed by atoms with E-state index >= 15 is 0 Å². The fourth-order valence-corrected chi connectivity index (χ4v) is 1.94. The molecular formula is C16H14O4. The third-order valence-corrected chi connectivity index (χ3v) is 3.10. The highest BCUT2D eigenvalue weighted by Crippen LogP contribution is 2.36. The second-order valence-corrected chi connectivity index (χ2v) is 4.58. The fourth-order valence-electron chi connectivity index (χ4n) is 1.94. The first-order valence-corrected chi connectivity index (χ1v) is 6.08. The Kier molecular flexibility index (Phi) is 3.57. The van der Waals surface area contributed by atoms with Gasteiger partial charge < -0.3 is 10.2 Å². The molecule has 0 atom stereocenters. The van der Waals surface area contributed by atoms with Gasteiger partial charge in [0.1, 0.15) is 11.5 Å². The monoisotopic (exact) mass is 270 g/mol. The second-order valence-electron chi connectivity index (χ2n) is 4.58. The molecule has 4 nitrogen and oxygen atoms in total. The van der Waals surface area contributed by atoms with E-state index in [0.29, 0.717) is 22.3 Å². The third-order valence-electron chi connectivity index (χ3n) is 3.10. The molecule has 2 N–H and O–H groups in total. The van der Waals surface area contributed by atoms with Gasteiger partial charge in [-0.15, -0.1) is 0 Å². The molecule has 0 bridgehead atoms. The van der Waals surface area contributed by atoms with Crippen molar-refractivity contribution in [3.05, 3.63) is 47.5 Å². The summed E-state index contributed by atoms with van der Waals surface area (Å²) >= 11 is 0. The molecule has 2 rings (SSSR count). The summed E-state index contributed by atoms with van der Waals surface area (Å²) in [5, 5.41) is 19.8. The zero-order valence-electron chi connectivity index (χ0n) is 11.2. The van der Waals surface area contributed by atoms with Crippen molar-refractivity contribution < 1.29 is 19.8 Å². The highest BCUT2D eigenvalue weighted by Gasteiger charge is 2.13. The van der Waals surface area contributed by atoms with E-state index in [0.717, 1.165) is 0 Å². The van der Waals surface area contributed by atoms with Gasteiger partial charge in [0.05, 0.1) is 0 Å². The maximum Gasteiger partial charge on any atom is 0.159 e. The number of carbonyl (C=O) groups excluding carboxylic acids is 2. The van der Waals surface area contributed by atoms with Crippen LogP contribution in [0.1, 0.15) is 34.6 Å². The highest BCUT2D eigenvalue weighted by molar-refractivity contribution is 5.98. The lowest BCUT2D eigenvalue weighted by Gasteiger charge is -2.10. The van der Waals surface area contributed by atoms with Gasteiger partial charge in [-0.05, 0) is 50.2 Å². The molecule has 4 heteroatoms. The molecule has 2 aromatic rings. The maximum atomic E-state index is 11.4. The minimum atomic E-state index is -0.145. The Morgan fingerprint density at radius 3 is 1.40 bits per heavy atom. The number of carbonyl (C=O) groups is 2. The number of hydrogen-bond donors (Lipinski definition) is 2. The molecule has 0 aliphatic heterocycles. The van der Waals surface area contributed by atoms with Crippen LogP contribution in [-0.2, 0) is 0 Å². The summed E-state index contributed by atoms with van der Waals surface area (Å²) < 4.78 is 0. The highest BCUT2D eigenvalue weighted by atomic mass is 16.3. The smallest absolute Gasteiger partial charge is 0.159 e. The predicted octanol–water partition coefficient (Wildman–Crippen LogP) is 3.17. The summed E-state index contributed by atoms with van der Waals surface area (Å²) in [5.74, 6) is -0.418. The van der Waals surface area contributed by atoms with Gasteiger partial charge in [0.25, 0.3) is 0 Å². The summed E-state index contributed by atoms with van der Waals surface area (Å²) in [6, 6.07) is 8.80. The number of hydrogen-bond acceptors (Lipinski definition) is 4. The maximum absolute atomic E-state index is 11.4. The van der Waals surface area contributed by atoms with Gasteiger partial charge in [-0.25, -0.2) is 0 Å². The first kappa shape index (κ1) is 13.8. The van der Waals surface area contributed by atoms with Crippen LogP contribution in [0.3, 0.4) is 0 Å². The quantitative estimate of drug-likeness (QED) is 0.840. The lowest BCUT2D eigenvalue weighted by molar-refractivity contribution is 0.100. The second kappa shape index (κ2) is 5.17. The van der Waals surface area contributed by atoms with E-state index in [1.807, 2.05) is 0 Å². The topological polar surface area (TPSA) is 74.6 Å². The first-order chi connectivity index (χ1) is 9.40. The Labute approximate surface area is 116 Å². The Hall–Kier alpha value is -2.62. The van der Waals surface area contributed by atoms with Crippen LogP contribution in [0.5, 0.6) is 11.5 Å². The van der Waals surface area contributed by atoms with E-state index in [1.165, 1.54) is 50.2 Å². The number of ketones is 2.